The van der Waals surface area contributed by atoms with Crippen LogP contribution >= 0.6 is 0 Å². The molecule has 20 heavy (non-hydrogen) atoms. The zero-order valence-corrected chi connectivity index (χ0v) is 11.5. The molecule has 5 nitrogen and oxygen atoms in total. The number of anilines is 1. The zero-order valence-electron chi connectivity index (χ0n) is 11.5. The number of benzene rings is 1. The van der Waals surface area contributed by atoms with Gasteiger partial charge < -0.3 is 10.1 Å². The number of ether oxygens (including phenoxy) is 1. The van der Waals surface area contributed by atoms with Crippen LogP contribution in [0.15, 0.2) is 24.3 Å². The first-order valence-electron chi connectivity index (χ1n) is 6.96. The second kappa shape index (κ2) is 5.15. The lowest BCUT2D eigenvalue weighted by atomic mass is 10.2. The van der Waals surface area contributed by atoms with E-state index in [9.17, 15) is 9.59 Å². The molecule has 0 unspecified atom stereocenters. The minimum Gasteiger partial charge on any atom is -0.442 e. The summed E-state index contributed by atoms with van der Waals surface area (Å²) >= 11 is 0. The highest BCUT2D eigenvalue weighted by molar-refractivity contribution is 5.89. The highest BCUT2D eigenvalue weighted by Gasteiger charge is 2.34. The Kier molecular flexibility index (Phi) is 3.34. The van der Waals surface area contributed by atoms with E-state index in [2.05, 4.69) is 5.32 Å². The molecule has 2 fully saturated rings. The van der Waals surface area contributed by atoms with E-state index in [1.807, 2.05) is 31.2 Å². The van der Waals surface area contributed by atoms with Crippen LogP contribution in [0.25, 0.3) is 0 Å². The molecule has 1 heterocycles. The van der Waals surface area contributed by atoms with Crippen molar-refractivity contribution >= 4 is 17.7 Å². The predicted molar refractivity (Wildman–Crippen MR) is 74.5 cm³/mol. The molecule has 1 saturated carbocycles. The monoisotopic (exact) mass is 274 g/mol. The Balaban J connectivity index is 1.57. The quantitative estimate of drug-likeness (QED) is 0.911. The molecule has 1 saturated heterocycles. The van der Waals surface area contributed by atoms with Crippen molar-refractivity contribution in [2.75, 3.05) is 18.0 Å². The second-order valence-electron chi connectivity index (χ2n) is 5.47. The molecule has 1 atom stereocenters. The summed E-state index contributed by atoms with van der Waals surface area (Å²) in [6.45, 7) is 2.87. The van der Waals surface area contributed by atoms with Crippen molar-refractivity contribution in [3.8, 4) is 0 Å². The molecule has 106 valence electrons. The molecule has 2 aliphatic rings. The molecule has 0 spiro atoms. The molecule has 1 N–H and O–H groups in total. The van der Waals surface area contributed by atoms with Crippen LogP contribution in [0.3, 0.4) is 0 Å². The van der Waals surface area contributed by atoms with Gasteiger partial charge in [0, 0.05) is 11.6 Å². The van der Waals surface area contributed by atoms with E-state index >= 15 is 0 Å². The van der Waals surface area contributed by atoms with Crippen LogP contribution in [-0.4, -0.2) is 31.2 Å². The highest BCUT2D eigenvalue weighted by atomic mass is 16.6. The third-order valence-corrected chi connectivity index (χ3v) is 3.67. The van der Waals surface area contributed by atoms with Crippen LogP contribution in [-0.2, 0) is 9.53 Å². The maximum Gasteiger partial charge on any atom is 0.414 e. The van der Waals surface area contributed by atoms with Gasteiger partial charge in [-0.2, -0.15) is 0 Å². The maximum atomic E-state index is 11.9. The first-order valence-corrected chi connectivity index (χ1v) is 6.96. The van der Waals surface area contributed by atoms with Gasteiger partial charge in [-0.05, 0) is 31.9 Å². The van der Waals surface area contributed by atoms with E-state index in [0.29, 0.717) is 13.1 Å². The van der Waals surface area contributed by atoms with E-state index in [4.69, 9.17) is 4.74 Å². The van der Waals surface area contributed by atoms with Crippen molar-refractivity contribution in [1.82, 2.24) is 5.32 Å². The fourth-order valence-electron chi connectivity index (χ4n) is 2.27. The summed E-state index contributed by atoms with van der Waals surface area (Å²) in [5.41, 5.74) is 1.98. The van der Waals surface area contributed by atoms with E-state index in [1.165, 1.54) is 0 Å². The van der Waals surface area contributed by atoms with Gasteiger partial charge in [0.25, 0.3) is 0 Å². The van der Waals surface area contributed by atoms with Gasteiger partial charge in [-0.1, -0.05) is 17.7 Å². The summed E-state index contributed by atoms with van der Waals surface area (Å²) in [4.78, 5) is 25.0. The number of nitrogens with one attached hydrogen (secondary N) is 1. The minimum atomic E-state index is -0.348. The Morgan fingerprint density at radius 2 is 2.05 bits per heavy atom. The third kappa shape index (κ3) is 2.76. The third-order valence-electron chi connectivity index (χ3n) is 3.67. The Morgan fingerprint density at radius 1 is 1.35 bits per heavy atom. The number of aryl methyl sites for hydroxylation is 1. The molecule has 1 aromatic carbocycles. The van der Waals surface area contributed by atoms with Crippen LogP contribution < -0.4 is 10.2 Å². The van der Waals surface area contributed by atoms with Crippen LogP contribution in [0.2, 0.25) is 0 Å². The summed E-state index contributed by atoms with van der Waals surface area (Å²) in [5.74, 6) is 0.259. The smallest absolute Gasteiger partial charge is 0.414 e. The molecule has 2 amide bonds. The number of cyclic esters (lactones) is 1. The van der Waals surface area contributed by atoms with Gasteiger partial charge in [0.05, 0.1) is 13.1 Å². The van der Waals surface area contributed by atoms with Gasteiger partial charge in [-0.25, -0.2) is 4.79 Å². The van der Waals surface area contributed by atoms with Crippen molar-refractivity contribution in [3.63, 3.8) is 0 Å². The van der Waals surface area contributed by atoms with Crippen molar-refractivity contribution in [3.05, 3.63) is 29.8 Å². The summed E-state index contributed by atoms with van der Waals surface area (Å²) in [7, 11) is 0. The van der Waals surface area contributed by atoms with Crippen molar-refractivity contribution < 1.29 is 14.3 Å². The van der Waals surface area contributed by atoms with Gasteiger partial charge in [0.1, 0.15) is 6.10 Å². The van der Waals surface area contributed by atoms with Crippen LogP contribution in [0.1, 0.15) is 18.4 Å². The Bertz CT molecular complexity index is 522. The minimum absolute atomic E-state index is 0.0786. The molecule has 1 aromatic rings. The molecule has 0 radical (unpaired) electrons. The average Bonchev–Trinajstić information content (AvgIpc) is 3.21. The summed E-state index contributed by atoms with van der Waals surface area (Å²) in [5, 5.41) is 2.85. The first kappa shape index (κ1) is 13.0. The normalized spacial score (nSPS) is 21.8. The van der Waals surface area contributed by atoms with Crippen LogP contribution in [0, 0.1) is 12.8 Å². The van der Waals surface area contributed by atoms with E-state index < -0.39 is 0 Å². The highest BCUT2D eigenvalue weighted by Crippen LogP contribution is 2.29. The van der Waals surface area contributed by atoms with E-state index in [0.717, 1.165) is 24.1 Å². The van der Waals surface area contributed by atoms with Crippen molar-refractivity contribution in [2.45, 2.75) is 25.9 Å². The average molecular weight is 274 g/mol. The number of amides is 2. The molecule has 0 aromatic heterocycles. The topological polar surface area (TPSA) is 58.6 Å². The fourth-order valence-corrected chi connectivity index (χ4v) is 2.27. The standard InChI is InChI=1S/C15H18N2O3/c1-10-2-6-12(7-3-10)17-9-13(20-15(17)19)8-16-14(18)11-4-5-11/h2-3,6-7,11,13H,4-5,8-9H2,1H3,(H,16,18)/t13-/m1/s1. The van der Waals surface area contributed by atoms with Crippen LogP contribution in [0.4, 0.5) is 10.5 Å². The Labute approximate surface area is 117 Å². The number of hydrogen-bond acceptors (Lipinski definition) is 3. The number of hydrogen-bond donors (Lipinski definition) is 1. The molecule has 1 aliphatic heterocycles. The number of nitrogens with zero attached hydrogens (tertiary/aromatic N) is 1. The van der Waals surface area contributed by atoms with Crippen molar-refractivity contribution in [1.29, 1.82) is 0 Å². The number of carbonyl (C=O) groups is 2. The summed E-state index contributed by atoms with van der Waals surface area (Å²) in [6.07, 6.45) is 1.34. The van der Waals surface area contributed by atoms with Crippen LogP contribution in [0.5, 0.6) is 0 Å². The maximum absolute atomic E-state index is 11.9. The molecule has 3 rings (SSSR count). The van der Waals surface area contributed by atoms with E-state index in [1.54, 1.807) is 4.90 Å². The van der Waals surface area contributed by atoms with Gasteiger partial charge in [-0.15, -0.1) is 0 Å². The van der Waals surface area contributed by atoms with Crippen molar-refractivity contribution in [2.24, 2.45) is 5.92 Å². The Morgan fingerprint density at radius 3 is 2.70 bits per heavy atom. The van der Waals surface area contributed by atoms with E-state index in [-0.39, 0.29) is 24.0 Å². The van der Waals surface area contributed by atoms with Gasteiger partial charge in [0.2, 0.25) is 5.91 Å². The second-order valence-corrected chi connectivity index (χ2v) is 5.47. The molecule has 0 bridgehead atoms. The van der Waals surface area contributed by atoms with Gasteiger partial charge in [0.15, 0.2) is 0 Å². The lowest BCUT2D eigenvalue weighted by molar-refractivity contribution is -0.122. The van der Waals surface area contributed by atoms with Gasteiger partial charge >= 0.3 is 6.09 Å². The van der Waals surface area contributed by atoms with Gasteiger partial charge in [-0.3, -0.25) is 9.69 Å². The summed E-state index contributed by atoms with van der Waals surface area (Å²) < 4.78 is 5.28. The number of carbonyl (C=O) groups excluding carboxylic acids is 2. The lowest BCUT2D eigenvalue weighted by Crippen LogP contribution is -2.35. The molecule has 1 aliphatic carbocycles. The zero-order chi connectivity index (χ0) is 14.1. The fraction of sp³-hybridized carbons (Fsp3) is 0.467. The lowest BCUT2D eigenvalue weighted by Gasteiger charge is -2.13. The first-order chi connectivity index (χ1) is 9.63. The summed E-state index contributed by atoms with van der Waals surface area (Å²) in [6, 6.07) is 7.74. The Hall–Kier alpha value is -2.04. The predicted octanol–water partition coefficient (Wildman–Crippen LogP) is 1.85. The largest absolute Gasteiger partial charge is 0.442 e. The molecular formula is C15H18N2O3. The molecular weight excluding hydrogens is 256 g/mol. The molecule has 5 heteroatoms. The number of rotatable bonds is 4. The SMILES string of the molecule is Cc1ccc(N2C[C@@H](CNC(=O)C3CC3)OC2=O)cc1.